The van der Waals surface area contributed by atoms with Crippen LogP contribution in [0.1, 0.15) is 0 Å². The zero-order valence-electron chi connectivity index (χ0n) is 10.4. The van der Waals surface area contributed by atoms with E-state index in [1.54, 1.807) is 12.1 Å². The summed E-state index contributed by atoms with van der Waals surface area (Å²) >= 11 is 4.77. The minimum Gasteiger partial charge on any atom is -0.386 e. The fraction of sp³-hybridized carbons (Fsp3) is 0.125. The summed E-state index contributed by atoms with van der Waals surface area (Å²) in [7, 11) is 0. The predicted molar refractivity (Wildman–Crippen MR) is 77.0 cm³/mol. The molecule has 0 aromatic heterocycles. The van der Waals surface area contributed by atoms with Crippen molar-refractivity contribution in [3.8, 4) is 5.75 Å². The second-order valence-corrected chi connectivity index (χ2v) is 8.40. The molecule has 1 aromatic carbocycles. The first-order valence-electron chi connectivity index (χ1n) is 6.18. The second kappa shape index (κ2) is 8.35. The van der Waals surface area contributed by atoms with E-state index in [4.69, 9.17) is 11.9 Å². The van der Waals surface area contributed by atoms with Gasteiger partial charge in [0.15, 0.2) is 0 Å². The largest absolute Gasteiger partial charge is 0.386 e. The Kier molecular flexibility index (Phi) is 6.40. The Balaban J connectivity index is 0.000000148. The van der Waals surface area contributed by atoms with E-state index < -0.39 is 0 Å². The SMILES string of the molecule is C1=C[CH]([Zr][CH]2C=CC=C2)C=C1.ClOc1ccccc1. The third-order valence-corrected chi connectivity index (χ3v) is 6.68. The molecule has 0 spiro atoms. The average Bonchev–Trinajstić information content (AvgIpc) is 3.15. The Morgan fingerprint density at radius 1 is 0.789 bits per heavy atom. The molecule has 0 atom stereocenters. The van der Waals surface area contributed by atoms with E-state index in [-0.39, 0.29) is 23.2 Å². The fourth-order valence-electron chi connectivity index (χ4n) is 1.78. The molecule has 0 saturated carbocycles. The summed E-state index contributed by atoms with van der Waals surface area (Å²) in [6.07, 6.45) is 18.1. The van der Waals surface area contributed by atoms with Gasteiger partial charge >= 0.3 is 79.1 Å². The van der Waals surface area contributed by atoms with Gasteiger partial charge in [0.2, 0.25) is 0 Å². The maximum atomic E-state index is 5.03. The number of benzene rings is 1. The maximum Gasteiger partial charge on any atom is 0.146 e. The van der Waals surface area contributed by atoms with Gasteiger partial charge in [0, 0.05) is 0 Å². The molecule has 0 heterocycles. The first-order valence-corrected chi connectivity index (χ1v) is 9.33. The van der Waals surface area contributed by atoms with Gasteiger partial charge in [-0.2, -0.15) is 0 Å². The molecule has 1 nitrogen and oxygen atoms in total. The van der Waals surface area contributed by atoms with Gasteiger partial charge in [-0.3, -0.25) is 0 Å². The molecule has 1 aromatic rings. The van der Waals surface area contributed by atoms with Crippen molar-refractivity contribution in [2.45, 2.75) is 7.25 Å². The average molecular weight is 350 g/mol. The van der Waals surface area contributed by atoms with Crippen molar-refractivity contribution in [2.75, 3.05) is 0 Å². The summed E-state index contributed by atoms with van der Waals surface area (Å²) in [6, 6.07) is 9.19. The van der Waals surface area contributed by atoms with E-state index in [1.165, 1.54) is 0 Å². The zero-order valence-corrected chi connectivity index (χ0v) is 13.7. The standard InChI is InChI=1S/C6H5ClO.2C5H5.Zr/c7-8-6-4-2-1-3-5-6;2*1-2-4-5-3-1;/h1-5H;2*1-5H;. The third kappa shape index (κ3) is 5.34. The minimum absolute atomic E-state index is 0.256. The van der Waals surface area contributed by atoms with Gasteiger partial charge in [-0.15, -0.1) is 0 Å². The van der Waals surface area contributed by atoms with Crippen LogP contribution in [0.3, 0.4) is 0 Å². The van der Waals surface area contributed by atoms with Gasteiger partial charge in [-0.25, -0.2) is 0 Å². The van der Waals surface area contributed by atoms with Crippen molar-refractivity contribution >= 4 is 11.9 Å². The Bertz CT molecular complexity index is 441. The van der Waals surface area contributed by atoms with Crippen molar-refractivity contribution < 1.29 is 27.5 Å². The number of para-hydroxylation sites is 1. The predicted octanol–water partition coefficient (Wildman–Crippen LogP) is 5.12. The first-order chi connectivity index (χ1) is 9.38. The van der Waals surface area contributed by atoms with Crippen LogP contribution >= 0.6 is 11.9 Å². The summed E-state index contributed by atoms with van der Waals surface area (Å²) in [5, 5.41) is 0. The van der Waals surface area contributed by atoms with Crippen LogP contribution in [0.5, 0.6) is 5.75 Å². The van der Waals surface area contributed by atoms with Crippen LogP contribution < -0.4 is 4.29 Å². The smallest absolute Gasteiger partial charge is 0.146 e. The molecular formula is C16H15ClOZr. The normalized spacial score (nSPS) is 16.5. The number of rotatable bonds is 3. The number of halogens is 1. The summed E-state index contributed by atoms with van der Waals surface area (Å²) < 4.78 is 6.07. The molecule has 0 N–H and O–H groups in total. The molecule has 0 radical (unpaired) electrons. The molecule has 0 amide bonds. The van der Waals surface area contributed by atoms with Gasteiger partial charge in [0.25, 0.3) is 0 Å². The van der Waals surface area contributed by atoms with E-state index >= 15 is 0 Å². The Hall–Kier alpha value is -0.847. The molecule has 0 saturated heterocycles. The van der Waals surface area contributed by atoms with Crippen LogP contribution in [0, 0.1) is 0 Å². The fourth-order valence-corrected chi connectivity index (χ4v) is 5.16. The van der Waals surface area contributed by atoms with Crippen LogP contribution in [-0.4, -0.2) is 0 Å². The quantitative estimate of drug-likeness (QED) is 0.736. The molecule has 19 heavy (non-hydrogen) atoms. The first kappa shape index (κ1) is 14.6. The van der Waals surface area contributed by atoms with Gasteiger partial charge in [-0.1, -0.05) is 18.2 Å². The number of hydrogen-bond acceptors (Lipinski definition) is 1. The molecule has 2 aliphatic carbocycles. The Morgan fingerprint density at radius 2 is 1.26 bits per heavy atom. The molecular weight excluding hydrogens is 335 g/mol. The summed E-state index contributed by atoms with van der Waals surface area (Å²) in [5.74, 6) is 0.675. The van der Waals surface area contributed by atoms with Crippen molar-refractivity contribution in [3.63, 3.8) is 0 Å². The van der Waals surface area contributed by atoms with Gasteiger partial charge < -0.3 is 4.29 Å². The van der Waals surface area contributed by atoms with E-state index in [9.17, 15) is 0 Å². The summed E-state index contributed by atoms with van der Waals surface area (Å²) in [5.41, 5.74) is 0. The molecule has 3 rings (SSSR count). The van der Waals surface area contributed by atoms with Crippen LogP contribution in [-0.2, 0) is 23.2 Å². The van der Waals surface area contributed by atoms with E-state index in [1.807, 2.05) is 18.2 Å². The van der Waals surface area contributed by atoms with E-state index in [2.05, 4.69) is 52.9 Å². The van der Waals surface area contributed by atoms with Crippen molar-refractivity contribution in [1.82, 2.24) is 0 Å². The number of hydrogen-bond donors (Lipinski definition) is 0. The topological polar surface area (TPSA) is 9.23 Å². The Morgan fingerprint density at radius 3 is 1.63 bits per heavy atom. The molecule has 0 unspecified atom stereocenters. The molecule has 0 fully saturated rings. The van der Waals surface area contributed by atoms with Crippen molar-refractivity contribution in [2.24, 2.45) is 0 Å². The van der Waals surface area contributed by atoms with Gasteiger partial charge in [-0.05, 0) is 12.1 Å². The monoisotopic (exact) mass is 348 g/mol. The number of allylic oxidation sites excluding steroid dienone is 8. The zero-order chi connectivity index (χ0) is 13.3. The maximum absolute atomic E-state index is 5.03. The Labute approximate surface area is 131 Å². The van der Waals surface area contributed by atoms with Crippen molar-refractivity contribution in [1.29, 1.82) is 0 Å². The van der Waals surface area contributed by atoms with Crippen molar-refractivity contribution in [3.05, 3.63) is 78.9 Å². The third-order valence-electron chi connectivity index (χ3n) is 2.71. The summed E-state index contributed by atoms with van der Waals surface area (Å²) in [6.45, 7) is 0. The van der Waals surface area contributed by atoms with E-state index in [0.717, 1.165) is 7.25 Å². The van der Waals surface area contributed by atoms with Gasteiger partial charge in [0.05, 0.1) is 0 Å². The molecule has 0 aliphatic heterocycles. The second-order valence-electron chi connectivity index (χ2n) is 4.15. The van der Waals surface area contributed by atoms with Crippen LogP contribution in [0.4, 0.5) is 0 Å². The van der Waals surface area contributed by atoms with Crippen LogP contribution in [0.25, 0.3) is 0 Å². The van der Waals surface area contributed by atoms with Crippen LogP contribution in [0.15, 0.2) is 78.9 Å². The van der Waals surface area contributed by atoms with E-state index in [0.29, 0.717) is 5.75 Å². The molecule has 3 heteroatoms. The molecule has 2 aliphatic rings. The molecule has 96 valence electrons. The van der Waals surface area contributed by atoms with Crippen LogP contribution in [0.2, 0.25) is 7.25 Å². The van der Waals surface area contributed by atoms with Gasteiger partial charge in [0.1, 0.15) is 17.6 Å². The minimum atomic E-state index is -0.256. The molecule has 0 bridgehead atoms. The summed E-state index contributed by atoms with van der Waals surface area (Å²) in [4.78, 5) is 0.